The summed E-state index contributed by atoms with van der Waals surface area (Å²) in [5.41, 5.74) is 0.499. The van der Waals surface area contributed by atoms with Crippen molar-refractivity contribution in [3.05, 3.63) is 50.3 Å². The van der Waals surface area contributed by atoms with Crippen molar-refractivity contribution < 1.29 is 4.79 Å². The Kier molecular flexibility index (Phi) is 4.31. The minimum atomic E-state index is -0.280. The molecule has 1 heterocycles. The van der Waals surface area contributed by atoms with Crippen LogP contribution in [0.25, 0.3) is 0 Å². The smallest absolute Gasteiger partial charge is 0.258 e. The third-order valence-corrected chi connectivity index (χ3v) is 3.44. The number of rotatable bonds is 2. The molecule has 0 atom stereocenters. The van der Waals surface area contributed by atoms with E-state index < -0.39 is 0 Å². The van der Waals surface area contributed by atoms with E-state index in [1.807, 2.05) is 6.07 Å². The standard InChI is InChI=1S/C11H6Br2ClN3O/c12-6-1-2-8(13)7(3-6)11(18)17-10-4-9(14)15-5-16-10/h1-5H,(H,15,16,17,18). The zero-order valence-corrected chi connectivity index (χ0v) is 12.8. The van der Waals surface area contributed by atoms with Gasteiger partial charge in [-0.2, -0.15) is 0 Å². The summed E-state index contributed by atoms with van der Waals surface area (Å²) in [5, 5.41) is 2.91. The number of anilines is 1. The Hall–Kier alpha value is -0.980. The number of carbonyl (C=O) groups excluding carboxylic acids is 1. The van der Waals surface area contributed by atoms with Gasteiger partial charge < -0.3 is 5.32 Å². The first kappa shape index (κ1) is 13.5. The van der Waals surface area contributed by atoms with Crippen LogP contribution in [0.3, 0.4) is 0 Å². The van der Waals surface area contributed by atoms with Gasteiger partial charge in [0.15, 0.2) is 0 Å². The summed E-state index contributed by atoms with van der Waals surface area (Å²) in [6.45, 7) is 0. The van der Waals surface area contributed by atoms with Crippen molar-refractivity contribution >= 4 is 55.2 Å². The lowest BCUT2D eigenvalue weighted by molar-refractivity contribution is 0.102. The molecular weight excluding hydrogens is 385 g/mol. The fourth-order valence-corrected chi connectivity index (χ4v) is 2.19. The number of amides is 1. The molecule has 0 spiro atoms. The van der Waals surface area contributed by atoms with E-state index in [1.54, 1.807) is 12.1 Å². The van der Waals surface area contributed by atoms with Crippen molar-refractivity contribution in [2.75, 3.05) is 5.32 Å². The molecule has 0 unspecified atom stereocenters. The molecule has 92 valence electrons. The van der Waals surface area contributed by atoms with E-state index in [0.717, 1.165) is 4.47 Å². The highest BCUT2D eigenvalue weighted by Gasteiger charge is 2.11. The number of nitrogens with zero attached hydrogens (tertiary/aromatic N) is 2. The van der Waals surface area contributed by atoms with Gasteiger partial charge >= 0.3 is 0 Å². The molecule has 0 saturated carbocycles. The maximum Gasteiger partial charge on any atom is 0.258 e. The molecule has 1 aromatic carbocycles. The number of nitrogens with one attached hydrogen (secondary N) is 1. The number of hydrogen-bond donors (Lipinski definition) is 1. The maximum absolute atomic E-state index is 12.0. The van der Waals surface area contributed by atoms with Crippen molar-refractivity contribution in [1.82, 2.24) is 9.97 Å². The predicted molar refractivity (Wildman–Crippen MR) is 76.8 cm³/mol. The molecule has 1 N–H and O–H groups in total. The highest BCUT2D eigenvalue weighted by Crippen LogP contribution is 2.22. The van der Waals surface area contributed by atoms with E-state index in [1.165, 1.54) is 12.4 Å². The van der Waals surface area contributed by atoms with Gasteiger partial charge in [-0.3, -0.25) is 4.79 Å². The number of hydrogen-bond acceptors (Lipinski definition) is 3. The highest BCUT2D eigenvalue weighted by molar-refractivity contribution is 9.11. The van der Waals surface area contributed by atoms with Gasteiger partial charge in [-0.05, 0) is 34.1 Å². The third kappa shape index (κ3) is 3.28. The second-order valence-electron chi connectivity index (χ2n) is 3.30. The molecule has 0 bridgehead atoms. The van der Waals surface area contributed by atoms with Gasteiger partial charge in [-0.15, -0.1) is 0 Å². The average molecular weight is 391 g/mol. The van der Waals surface area contributed by atoms with Gasteiger partial charge in [0, 0.05) is 15.0 Å². The molecule has 0 aliphatic heterocycles. The maximum atomic E-state index is 12.0. The summed E-state index contributed by atoms with van der Waals surface area (Å²) in [4.78, 5) is 19.7. The van der Waals surface area contributed by atoms with Crippen LogP contribution in [-0.2, 0) is 0 Å². The van der Waals surface area contributed by atoms with Gasteiger partial charge in [0.25, 0.3) is 5.91 Å². The van der Waals surface area contributed by atoms with Crippen LogP contribution in [0.4, 0.5) is 5.82 Å². The third-order valence-electron chi connectivity index (χ3n) is 2.05. The Morgan fingerprint density at radius 2 is 2.00 bits per heavy atom. The largest absolute Gasteiger partial charge is 0.306 e. The fraction of sp³-hybridized carbons (Fsp3) is 0. The molecule has 0 aliphatic carbocycles. The normalized spacial score (nSPS) is 10.2. The van der Waals surface area contributed by atoms with Crippen molar-refractivity contribution in [3.63, 3.8) is 0 Å². The number of carbonyl (C=O) groups is 1. The first-order chi connectivity index (χ1) is 8.56. The quantitative estimate of drug-likeness (QED) is 0.790. The lowest BCUT2D eigenvalue weighted by Crippen LogP contribution is -2.13. The van der Waals surface area contributed by atoms with Crippen LogP contribution in [-0.4, -0.2) is 15.9 Å². The van der Waals surface area contributed by atoms with Crippen molar-refractivity contribution in [2.24, 2.45) is 0 Å². The molecule has 1 aromatic heterocycles. The zero-order valence-electron chi connectivity index (χ0n) is 8.82. The van der Waals surface area contributed by atoms with Crippen LogP contribution >= 0.6 is 43.5 Å². The molecule has 7 heteroatoms. The zero-order chi connectivity index (χ0) is 13.1. The Labute approximate surface area is 125 Å². The highest BCUT2D eigenvalue weighted by atomic mass is 79.9. The Morgan fingerprint density at radius 3 is 2.72 bits per heavy atom. The molecular formula is C11H6Br2ClN3O. The second kappa shape index (κ2) is 5.77. The van der Waals surface area contributed by atoms with Gasteiger partial charge in [-0.25, -0.2) is 9.97 Å². The van der Waals surface area contributed by atoms with Crippen molar-refractivity contribution in [2.45, 2.75) is 0 Å². The topological polar surface area (TPSA) is 54.9 Å². The van der Waals surface area contributed by atoms with Gasteiger partial charge in [0.05, 0.1) is 5.56 Å². The number of halogens is 3. The minimum Gasteiger partial charge on any atom is -0.306 e. The molecule has 0 radical (unpaired) electrons. The Morgan fingerprint density at radius 1 is 1.22 bits per heavy atom. The van der Waals surface area contributed by atoms with Gasteiger partial charge in [0.2, 0.25) is 0 Å². The van der Waals surface area contributed by atoms with Crippen LogP contribution < -0.4 is 5.32 Å². The Bertz CT molecular complexity index is 607. The first-order valence-corrected chi connectivity index (χ1v) is 6.76. The van der Waals surface area contributed by atoms with Gasteiger partial charge in [0.1, 0.15) is 17.3 Å². The van der Waals surface area contributed by atoms with Crippen LogP contribution in [0.2, 0.25) is 5.15 Å². The average Bonchev–Trinajstić information content (AvgIpc) is 2.32. The molecule has 18 heavy (non-hydrogen) atoms. The van der Waals surface area contributed by atoms with Crippen LogP contribution in [0, 0.1) is 0 Å². The van der Waals surface area contributed by atoms with Gasteiger partial charge in [-0.1, -0.05) is 27.5 Å². The summed E-state index contributed by atoms with van der Waals surface area (Å²) in [7, 11) is 0. The molecule has 2 rings (SSSR count). The molecule has 4 nitrogen and oxygen atoms in total. The van der Waals surface area contributed by atoms with E-state index in [0.29, 0.717) is 15.9 Å². The minimum absolute atomic E-state index is 0.272. The molecule has 0 fully saturated rings. The molecule has 0 aliphatic rings. The number of aromatic nitrogens is 2. The monoisotopic (exact) mass is 389 g/mol. The van der Waals surface area contributed by atoms with E-state index in [2.05, 4.69) is 47.1 Å². The van der Waals surface area contributed by atoms with E-state index >= 15 is 0 Å². The van der Waals surface area contributed by atoms with Crippen molar-refractivity contribution in [3.8, 4) is 0 Å². The summed E-state index contributed by atoms with van der Waals surface area (Å²) in [6, 6.07) is 6.81. The SMILES string of the molecule is O=C(Nc1cc(Cl)ncn1)c1cc(Br)ccc1Br. The molecule has 2 aromatic rings. The number of benzene rings is 1. The Balaban J connectivity index is 2.24. The summed E-state index contributed by atoms with van der Waals surface area (Å²) < 4.78 is 1.51. The molecule has 1 amide bonds. The van der Waals surface area contributed by atoms with Crippen LogP contribution in [0.15, 0.2) is 39.5 Å². The summed E-state index contributed by atoms with van der Waals surface area (Å²) >= 11 is 12.3. The van der Waals surface area contributed by atoms with E-state index in [-0.39, 0.29) is 11.1 Å². The molecule has 0 saturated heterocycles. The second-order valence-corrected chi connectivity index (χ2v) is 5.46. The van der Waals surface area contributed by atoms with Crippen LogP contribution in [0.5, 0.6) is 0 Å². The lowest BCUT2D eigenvalue weighted by atomic mass is 10.2. The van der Waals surface area contributed by atoms with E-state index in [4.69, 9.17) is 11.6 Å². The van der Waals surface area contributed by atoms with Crippen molar-refractivity contribution in [1.29, 1.82) is 0 Å². The fourth-order valence-electron chi connectivity index (χ4n) is 1.26. The summed E-state index contributed by atoms with van der Waals surface area (Å²) in [6.07, 6.45) is 1.29. The first-order valence-electron chi connectivity index (χ1n) is 4.80. The van der Waals surface area contributed by atoms with Crippen LogP contribution in [0.1, 0.15) is 10.4 Å². The lowest BCUT2D eigenvalue weighted by Gasteiger charge is -2.06. The van der Waals surface area contributed by atoms with E-state index in [9.17, 15) is 4.79 Å². The summed E-state index contributed by atoms with van der Waals surface area (Å²) in [5.74, 6) is 0.0739. The predicted octanol–water partition coefficient (Wildman–Crippen LogP) is 3.91.